The molecule has 0 fully saturated rings. The Bertz CT molecular complexity index is 321. The number of nitrogens with two attached hydrogens (primary N) is 1. The van der Waals surface area contributed by atoms with E-state index in [9.17, 15) is 0 Å². The molecule has 74 valence electrons. The lowest BCUT2D eigenvalue weighted by molar-refractivity contribution is 0.917. The molecule has 0 saturated carbocycles. The molecule has 0 bridgehead atoms. The second-order valence-electron chi connectivity index (χ2n) is 2.96. The first kappa shape index (κ1) is 10.7. The summed E-state index contributed by atoms with van der Waals surface area (Å²) in [6.45, 7) is 0.687. The zero-order chi connectivity index (χ0) is 10.4. The summed E-state index contributed by atoms with van der Waals surface area (Å²) in [6.07, 6.45) is 0.335. The fraction of sp³-hybridized carbons (Fsp3) is 0.200. The Morgan fingerprint density at radius 1 is 1.36 bits per heavy atom. The fourth-order valence-corrected chi connectivity index (χ4v) is 1.26. The molecule has 1 aromatic rings. The van der Waals surface area contributed by atoms with E-state index in [0.717, 1.165) is 0 Å². The molecule has 1 aromatic carbocycles. The summed E-state index contributed by atoms with van der Waals surface area (Å²) in [6, 6.07) is 9.96. The summed E-state index contributed by atoms with van der Waals surface area (Å²) in [7, 11) is 0. The first-order valence-corrected chi connectivity index (χ1v) is 4.73. The Balaban J connectivity index is 2.34. The van der Waals surface area contributed by atoms with Gasteiger partial charge < -0.3 is 11.1 Å². The monoisotopic (exact) mass is 207 g/mol. The number of hydrogen-bond donors (Lipinski definition) is 3. The molecular formula is C10H13N3S. The number of thiocarbonyl (C=S) groups is 1. The van der Waals surface area contributed by atoms with Crippen LogP contribution in [-0.2, 0) is 6.54 Å². The van der Waals surface area contributed by atoms with Crippen molar-refractivity contribution < 1.29 is 0 Å². The molecule has 0 aliphatic carbocycles. The van der Waals surface area contributed by atoms with Crippen LogP contribution in [0.2, 0.25) is 0 Å². The van der Waals surface area contributed by atoms with Crippen LogP contribution >= 0.6 is 12.2 Å². The summed E-state index contributed by atoms with van der Waals surface area (Å²) >= 11 is 5.00. The number of benzene rings is 1. The molecule has 0 aromatic heterocycles. The lowest BCUT2D eigenvalue weighted by atomic mass is 10.2. The first-order valence-electron chi connectivity index (χ1n) is 4.32. The van der Waals surface area contributed by atoms with E-state index >= 15 is 0 Å². The Morgan fingerprint density at radius 2 is 2.00 bits per heavy atom. The van der Waals surface area contributed by atoms with Gasteiger partial charge >= 0.3 is 0 Å². The van der Waals surface area contributed by atoms with E-state index in [1.165, 1.54) is 5.56 Å². The van der Waals surface area contributed by atoms with Gasteiger partial charge in [0.1, 0.15) is 0 Å². The summed E-state index contributed by atoms with van der Waals surface area (Å²) in [5.74, 6) is 0.0931. The van der Waals surface area contributed by atoms with Crippen molar-refractivity contribution in [3.05, 3.63) is 35.9 Å². The molecule has 14 heavy (non-hydrogen) atoms. The van der Waals surface area contributed by atoms with E-state index in [1.807, 2.05) is 30.3 Å². The molecule has 0 radical (unpaired) electrons. The second kappa shape index (κ2) is 5.34. The number of amidine groups is 1. The van der Waals surface area contributed by atoms with Gasteiger partial charge in [0.25, 0.3) is 0 Å². The summed E-state index contributed by atoms with van der Waals surface area (Å²) < 4.78 is 0. The van der Waals surface area contributed by atoms with E-state index in [2.05, 4.69) is 5.32 Å². The van der Waals surface area contributed by atoms with Gasteiger partial charge in [-0.05, 0) is 5.56 Å². The van der Waals surface area contributed by atoms with Crippen molar-refractivity contribution in [2.24, 2.45) is 5.73 Å². The second-order valence-corrected chi connectivity index (χ2v) is 3.46. The Morgan fingerprint density at radius 3 is 2.57 bits per heavy atom. The predicted molar refractivity (Wildman–Crippen MR) is 62.4 cm³/mol. The fourth-order valence-electron chi connectivity index (χ4n) is 1.03. The smallest absolute Gasteiger partial charge is 0.0974 e. The van der Waals surface area contributed by atoms with E-state index in [-0.39, 0.29) is 5.84 Å². The van der Waals surface area contributed by atoms with Crippen LogP contribution in [0, 0.1) is 5.41 Å². The average Bonchev–Trinajstić information content (AvgIpc) is 2.15. The molecule has 0 atom stereocenters. The number of nitrogens with one attached hydrogen (secondary N) is 2. The Kier molecular flexibility index (Phi) is 4.07. The van der Waals surface area contributed by atoms with Crippen LogP contribution in [0.25, 0.3) is 0 Å². The molecule has 0 unspecified atom stereocenters. The van der Waals surface area contributed by atoms with Gasteiger partial charge in [0.05, 0.1) is 17.2 Å². The molecule has 0 aliphatic heterocycles. The van der Waals surface area contributed by atoms with Gasteiger partial charge in [0, 0.05) is 6.54 Å². The van der Waals surface area contributed by atoms with Crippen molar-refractivity contribution in [3.8, 4) is 0 Å². The lowest BCUT2D eigenvalue weighted by Crippen LogP contribution is -2.26. The molecular weight excluding hydrogens is 194 g/mol. The van der Waals surface area contributed by atoms with Gasteiger partial charge in [-0.1, -0.05) is 42.5 Å². The minimum atomic E-state index is 0.0931. The topological polar surface area (TPSA) is 61.9 Å². The summed E-state index contributed by atoms with van der Waals surface area (Å²) in [5, 5.41) is 10.1. The van der Waals surface area contributed by atoms with Crippen molar-refractivity contribution in [2.75, 3.05) is 0 Å². The highest BCUT2D eigenvalue weighted by molar-refractivity contribution is 7.80. The highest BCUT2D eigenvalue weighted by atomic mass is 32.1. The van der Waals surface area contributed by atoms with Crippen LogP contribution in [-0.4, -0.2) is 10.8 Å². The quantitative estimate of drug-likeness (QED) is 0.397. The molecule has 4 N–H and O–H groups in total. The zero-order valence-electron chi connectivity index (χ0n) is 7.79. The molecule has 0 amide bonds. The van der Waals surface area contributed by atoms with Crippen molar-refractivity contribution >= 4 is 23.0 Å². The maximum absolute atomic E-state index is 7.06. The largest absolute Gasteiger partial charge is 0.387 e. The predicted octanol–water partition coefficient (Wildman–Crippen LogP) is 1.43. The minimum Gasteiger partial charge on any atom is -0.387 e. The van der Waals surface area contributed by atoms with Crippen LogP contribution in [0.1, 0.15) is 12.0 Å². The Labute approximate surface area is 88.8 Å². The van der Waals surface area contributed by atoms with Crippen LogP contribution in [0.4, 0.5) is 0 Å². The van der Waals surface area contributed by atoms with Gasteiger partial charge in [0.15, 0.2) is 0 Å². The number of hydrogen-bond acceptors (Lipinski definition) is 2. The van der Waals surface area contributed by atoms with Crippen molar-refractivity contribution in [1.29, 1.82) is 5.41 Å². The zero-order valence-corrected chi connectivity index (χ0v) is 8.60. The normalized spacial score (nSPS) is 9.43. The molecule has 0 heterocycles. The summed E-state index contributed by atoms with van der Waals surface area (Å²) in [4.78, 5) is 0.612. The van der Waals surface area contributed by atoms with Gasteiger partial charge in [-0.25, -0.2) is 0 Å². The third-order valence-corrected chi connectivity index (χ3v) is 1.97. The molecule has 0 saturated heterocycles. The van der Waals surface area contributed by atoms with Crippen molar-refractivity contribution in [1.82, 2.24) is 5.32 Å². The molecule has 0 aliphatic rings. The van der Waals surface area contributed by atoms with Gasteiger partial charge in [-0.2, -0.15) is 0 Å². The number of rotatable bonds is 4. The first-order chi connectivity index (χ1) is 6.68. The van der Waals surface area contributed by atoms with Crippen molar-refractivity contribution in [2.45, 2.75) is 13.0 Å². The maximum atomic E-state index is 7.06. The third kappa shape index (κ3) is 4.00. The van der Waals surface area contributed by atoms with Crippen LogP contribution in [0.3, 0.4) is 0 Å². The molecule has 0 spiro atoms. The van der Waals surface area contributed by atoms with E-state index in [4.69, 9.17) is 23.4 Å². The molecule has 4 heteroatoms. The van der Waals surface area contributed by atoms with Gasteiger partial charge in [-0.15, -0.1) is 0 Å². The van der Waals surface area contributed by atoms with E-state index < -0.39 is 0 Å². The molecule has 1 rings (SSSR count). The van der Waals surface area contributed by atoms with E-state index in [0.29, 0.717) is 18.0 Å². The van der Waals surface area contributed by atoms with Crippen LogP contribution < -0.4 is 11.1 Å². The van der Waals surface area contributed by atoms with Gasteiger partial charge in [0.2, 0.25) is 0 Å². The SMILES string of the molecule is N=C(N)CC(=S)NCc1ccccc1. The maximum Gasteiger partial charge on any atom is 0.0974 e. The Hall–Kier alpha value is -1.42. The highest BCUT2D eigenvalue weighted by Crippen LogP contribution is 1.97. The van der Waals surface area contributed by atoms with Crippen LogP contribution in [0.5, 0.6) is 0 Å². The summed E-state index contributed by atoms with van der Waals surface area (Å²) in [5.41, 5.74) is 6.38. The third-order valence-electron chi connectivity index (χ3n) is 1.68. The standard InChI is InChI=1S/C10H13N3S/c11-9(12)6-10(14)13-7-8-4-2-1-3-5-8/h1-5H,6-7H2,(H3,11,12)(H,13,14). The highest BCUT2D eigenvalue weighted by Gasteiger charge is 1.97. The van der Waals surface area contributed by atoms with Crippen LogP contribution in [0.15, 0.2) is 30.3 Å². The minimum absolute atomic E-state index is 0.0931. The van der Waals surface area contributed by atoms with Crippen molar-refractivity contribution in [3.63, 3.8) is 0 Å². The van der Waals surface area contributed by atoms with Gasteiger partial charge in [-0.3, -0.25) is 5.41 Å². The lowest BCUT2D eigenvalue weighted by Gasteiger charge is -2.06. The molecule has 3 nitrogen and oxygen atoms in total. The average molecular weight is 207 g/mol. The van der Waals surface area contributed by atoms with E-state index in [1.54, 1.807) is 0 Å².